The Morgan fingerprint density at radius 1 is 1.47 bits per heavy atom. The second-order valence-corrected chi connectivity index (χ2v) is 6.03. The molecule has 2 rings (SSSR count). The molecule has 0 aliphatic heterocycles. The van der Waals surface area contributed by atoms with E-state index in [2.05, 4.69) is 24.4 Å². The normalized spacial score (nSPS) is 21.7. The standard InChI is InChI=1S/C13H20OS/c1-13(8-2-3-9-13)12(14)7-6-11-5-4-10-15-11/h4-5,10,12,14H,2-3,6-9H2,1H3. The number of aryl methyl sites for hydroxylation is 1. The van der Waals surface area contributed by atoms with Crippen molar-refractivity contribution in [1.29, 1.82) is 0 Å². The maximum atomic E-state index is 10.2. The summed E-state index contributed by atoms with van der Waals surface area (Å²) in [5.74, 6) is 0. The van der Waals surface area contributed by atoms with Crippen molar-refractivity contribution in [3.05, 3.63) is 22.4 Å². The summed E-state index contributed by atoms with van der Waals surface area (Å²) in [7, 11) is 0. The molecular weight excluding hydrogens is 204 g/mol. The first-order valence-electron chi connectivity index (χ1n) is 5.91. The third-order valence-electron chi connectivity index (χ3n) is 3.79. The highest BCUT2D eigenvalue weighted by Gasteiger charge is 2.35. The SMILES string of the molecule is CC1(C(O)CCc2cccs2)CCCC1. The minimum Gasteiger partial charge on any atom is -0.393 e. The van der Waals surface area contributed by atoms with Crippen LogP contribution in [0.5, 0.6) is 0 Å². The molecule has 2 heteroatoms. The number of aliphatic hydroxyl groups is 1. The van der Waals surface area contributed by atoms with E-state index in [-0.39, 0.29) is 11.5 Å². The topological polar surface area (TPSA) is 20.2 Å². The molecule has 0 spiro atoms. The molecule has 1 unspecified atom stereocenters. The van der Waals surface area contributed by atoms with Crippen LogP contribution in [0.1, 0.15) is 43.9 Å². The van der Waals surface area contributed by atoms with Crippen LogP contribution in [0.2, 0.25) is 0 Å². The fourth-order valence-corrected chi connectivity index (χ4v) is 3.32. The molecule has 0 amide bonds. The van der Waals surface area contributed by atoms with E-state index in [4.69, 9.17) is 0 Å². The first-order chi connectivity index (χ1) is 7.21. The van der Waals surface area contributed by atoms with E-state index in [0.717, 1.165) is 12.8 Å². The van der Waals surface area contributed by atoms with Crippen LogP contribution in [0, 0.1) is 5.41 Å². The van der Waals surface area contributed by atoms with Gasteiger partial charge in [0.05, 0.1) is 6.10 Å². The van der Waals surface area contributed by atoms with Crippen molar-refractivity contribution in [2.24, 2.45) is 5.41 Å². The predicted octanol–water partition coefficient (Wildman–Crippen LogP) is 3.62. The van der Waals surface area contributed by atoms with Gasteiger partial charge in [0.2, 0.25) is 0 Å². The van der Waals surface area contributed by atoms with Gasteiger partial charge in [0.15, 0.2) is 0 Å². The molecule has 1 heterocycles. The van der Waals surface area contributed by atoms with E-state index in [1.807, 2.05) is 0 Å². The Balaban J connectivity index is 1.84. The number of aliphatic hydroxyl groups excluding tert-OH is 1. The third kappa shape index (κ3) is 2.61. The van der Waals surface area contributed by atoms with Crippen LogP contribution in [-0.2, 0) is 6.42 Å². The highest BCUT2D eigenvalue weighted by molar-refractivity contribution is 7.09. The zero-order valence-electron chi connectivity index (χ0n) is 9.41. The Morgan fingerprint density at radius 3 is 2.80 bits per heavy atom. The minimum absolute atomic E-state index is 0.109. The molecule has 1 aromatic heterocycles. The molecule has 0 bridgehead atoms. The van der Waals surface area contributed by atoms with Crippen molar-refractivity contribution >= 4 is 11.3 Å². The summed E-state index contributed by atoms with van der Waals surface area (Å²) in [6, 6.07) is 4.25. The first-order valence-corrected chi connectivity index (χ1v) is 6.79. The van der Waals surface area contributed by atoms with Crippen molar-refractivity contribution in [3.63, 3.8) is 0 Å². The number of hydrogen-bond acceptors (Lipinski definition) is 2. The summed E-state index contributed by atoms with van der Waals surface area (Å²) in [5, 5.41) is 12.3. The van der Waals surface area contributed by atoms with E-state index < -0.39 is 0 Å². The summed E-state index contributed by atoms with van der Waals surface area (Å²) in [5.41, 5.74) is 0.206. The smallest absolute Gasteiger partial charge is 0.0597 e. The van der Waals surface area contributed by atoms with Crippen LogP contribution < -0.4 is 0 Å². The molecule has 0 aromatic carbocycles. The molecular formula is C13H20OS. The van der Waals surface area contributed by atoms with Crippen LogP contribution in [0.4, 0.5) is 0 Å². The Morgan fingerprint density at radius 2 is 2.20 bits per heavy atom. The second kappa shape index (κ2) is 4.67. The molecule has 0 saturated heterocycles. The Hall–Kier alpha value is -0.340. The van der Waals surface area contributed by atoms with Crippen molar-refractivity contribution in [2.45, 2.75) is 51.6 Å². The van der Waals surface area contributed by atoms with Crippen LogP contribution in [-0.4, -0.2) is 11.2 Å². The summed E-state index contributed by atoms with van der Waals surface area (Å²) in [4.78, 5) is 1.40. The predicted molar refractivity (Wildman–Crippen MR) is 65.2 cm³/mol. The van der Waals surface area contributed by atoms with Crippen LogP contribution in [0.15, 0.2) is 17.5 Å². The van der Waals surface area contributed by atoms with E-state index in [1.54, 1.807) is 11.3 Å². The quantitative estimate of drug-likeness (QED) is 0.828. The molecule has 0 radical (unpaired) electrons. The Labute approximate surface area is 96.1 Å². The van der Waals surface area contributed by atoms with Crippen LogP contribution in [0.25, 0.3) is 0 Å². The van der Waals surface area contributed by atoms with Gasteiger partial charge in [-0.25, -0.2) is 0 Å². The summed E-state index contributed by atoms with van der Waals surface area (Å²) >= 11 is 1.80. The second-order valence-electron chi connectivity index (χ2n) is 4.99. The summed E-state index contributed by atoms with van der Waals surface area (Å²) < 4.78 is 0. The number of rotatable bonds is 4. The third-order valence-corrected chi connectivity index (χ3v) is 4.73. The molecule has 1 saturated carbocycles. The van der Waals surface area contributed by atoms with Gasteiger partial charge in [-0.15, -0.1) is 11.3 Å². The number of thiophene rings is 1. The molecule has 84 valence electrons. The monoisotopic (exact) mass is 224 g/mol. The van der Waals surface area contributed by atoms with E-state index in [0.29, 0.717) is 0 Å². The van der Waals surface area contributed by atoms with Crippen LogP contribution in [0.3, 0.4) is 0 Å². The summed E-state index contributed by atoms with van der Waals surface area (Å²) in [6.45, 7) is 2.25. The van der Waals surface area contributed by atoms with Gasteiger partial charge in [-0.3, -0.25) is 0 Å². The molecule has 1 N–H and O–H groups in total. The fourth-order valence-electron chi connectivity index (χ4n) is 2.60. The van der Waals surface area contributed by atoms with E-state index in [9.17, 15) is 5.11 Å². The lowest BCUT2D eigenvalue weighted by Crippen LogP contribution is -2.29. The Bertz CT molecular complexity index is 285. The largest absolute Gasteiger partial charge is 0.393 e. The maximum absolute atomic E-state index is 10.2. The molecule has 1 fully saturated rings. The van der Waals surface area contributed by atoms with E-state index in [1.165, 1.54) is 30.6 Å². The average Bonchev–Trinajstić information content (AvgIpc) is 2.85. The molecule has 1 aromatic rings. The van der Waals surface area contributed by atoms with Gasteiger partial charge in [-0.1, -0.05) is 25.8 Å². The van der Waals surface area contributed by atoms with E-state index >= 15 is 0 Å². The fraction of sp³-hybridized carbons (Fsp3) is 0.692. The van der Waals surface area contributed by atoms with Crippen molar-refractivity contribution in [2.75, 3.05) is 0 Å². The van der Waals surface area contributed by atoms with Crippen molar-refractivity contribution in [3.8, 4) is 0 Å². The first kappa shape index (κ1) is 11.2. The van der Waals surface area contributed by atoms with Gasteiger partial charge in [0.1, 0.15) is 0 Å². The van der Waals surface area contributed by atoms with Gasteiger partial charge in [-0.2, -0.15) is 0 Å². The molecule has 1 aliphatic rings. The van der Waals surface area contributed by atoms with Crippen molar-refractivity contribution in [1.82, 2.24) is 0 Å². The lowest BCUT2D eigenvalue weighted by Gasteiger charge is -2.29. The summed E-state index contributed by atoms with van der Waals surface area (Å²) in [6.07, 6.45) is 6.86. The highest BCUT2D eigenvalue weighted by Crippen LogP contribution is 2.41. The lowest BCUT2D eigenvalue weighted by molar-refractivity contribution is 0.0355. The van der Waals surface area contributed by atoms with Crippen molar-refractivity contribution < 1.29 is 5.11 Å². The molecule has 1 atom stereocenters. The van der Waals surface area contributed by atoms with Gasteiger partial charge < -0.3 is 5.11 Å². The van der Waals surface area contributed by atoms with Gasteiger partial charge >= 0.3 is 0 Å². The molecule has 15 heavy (non-hydrogen) atoms. The van der Waals surface area contributed by atoms with Crippen LogP contribution >= 0.6 is 11.3 Å². The maximum Gasteiger partial charge on any atom is 0.0597 e. The van der Waals surface area contributed by atoms with Gasteiger partial charge in [0, 0.05) is 4.88 Å². The zero-order chi connectivity index (χ0) is 10.7. The van der Waals surface area contributed by atoms with Gasteiger partial charge in [-0.05, 0) is 42.5 Å². The highest BCUT2D eigenvalue weighted by atomic mass is 32.1. The number of hydrogen-bond donors (Lipinski definition) is 1. The van der Waals surface area contributed by atoms with Gasteiger partial charge in [0.25, 0.3) is 0 Å². The molecule has 1 nitrogen and oxygen atoms in total. The lowest BCUT2D eigenvalue weighted by atomic mass is 9.80. The minimum atomic E-state index is -0.109. The zero-order valence-corrected chi connectivity index (χ0v) is 10.2. The average molecular weight is 224 g/mol. The Kier molecular flexibility index (Phi) is 3.47. The molecule has 1 aliphatic carbocycles.